The van der Waals surface area contributed by atoms with E-state index >= 15 is 0 Å². The molecule has 116 valence electrons. The third kappa shape index (κ3) is 4.14. The quantitative estimate of drug-likeness (QED) is 0.873. The Balaban J connectivity index is 0.000000510. The van der Waals surface area contributed by atoms with Gasteiger partial charge in [-0.25, -0.2) is 0 Å². The van der Waals surface area contributed by atoms with Crippen molar-refractivity contribution >= 4 is 0 Å². The highest BCUT2D eigenvalue weighted by Crippen LogP contribution is 2.24. The van der Waals surface area contributed by atoms with Crippen molar-refractivity contribution in [3.8, 4) is 11.1 Å². The van der Waals surface area contributed by atoms with E-state index in [0.29, 0.717) is 0 Å². The van der Waals surface area contributed by atoms with Gasteiger partial charge in [0.1, 0.15) is 0 Å². The molecule has 4 nitrogen and oxygen atoms in total. The largest absolute Gasteiger partial charge is 0.312 e. The minimum Gasteiger partial charge on any atom is -0.312 e. The molecule has 0 saturated heterocycles. The molecule has 0 fully saturated rings. The van der Waals surface area contributed by atoms with Gasteiger partial charge in [-0.3, -0.25) is 9.67 Å². The van der Waals surface area contributed by atoms with Gasteiger partial charge in [0, 0.05) is 55.8 Å². The van der Waals surface area contributed by atoms with Gasteiger partial charge in [-0.1, -0.05) is 27.7 Å². The van der Waals surface area contributed by atoms with Gasteiger partial charge in [0.2, 0.25) is 0 Å². The summed E-state index contributed by atoms with van der Waals surface area (Å²) >= 11 is 0. The third-order valence-electron chi connectivity index (χ3n) is 3.24. The maximum atomic E-state index is 4.57. The number of hydrogen-bond acceptors (Lipinski definition) is 3. The van der Waals surface area contributed by atoms with E-state index in [0.717, 1.165) is 30.8 Å². The number of nitrogens with zero attached hydrogens (tertiary/aromatic N) is 3. The zero-order chi connectivity index (χ0) is 15.8. The topological polar surface area (TPSA) is 42.7 Å². The molecule has 1 N–H and O–H groups in total. The zero-order valence-corrected chi connectivity index (χ0v) is 14.2. The Morgan fingerprint density at radius 1 is 1.19 bits per heavy atom. The SMILES string of the molecule is CC.CC.Cc1nn(C)cc1-c1cnc2c(c1)CNCC2. The van der Waals surface area contributed by atoms with Crippen LogP contribution in [-0.2, 0) is 20.0 Å². The fourth-order valence-corrected chi connectivity index (χ4v) is 2.38. The van der Waals surface area contributed by atoms with Gasteiger partial charge in [-0.05, 0) is 18.6 Å². The summed E-state index contributed by atoms with van der Waals surface area (Å²) in [7, 11) is 1.95. The smallest absolute Gasteiger partial charge is 0.0672 e. The van der Waals surface area contributed by atoms with Crippen LogP contribution in [0.5, 0.6) is 0 Å². The molecule has 4 heteroatoms. The molecule has 0 aromatic carbocycles. The van der Waals surface area contributed by atoms with Gasteiger partial charge in [-0.2, -0.15) is 5.10 Å². The highest BCUT2D eigenvalue weighted by molar-refractivity contribution is 5.65. The number of aromatic nitrogens is 3. The molecule has 0 atom stereocenters. The van der Waals surface area contributed by atoms with E-state index in [1.54, 1.807) is 0 Å². The molecule has 0 radical (unpaired) electrons. The number of rotatable bonds is 1. The summed E-state index contributed by atoms with van der Waals surface area (Å²) in [5.74, 6) is 0. The van der Waals surface area contributed by atoms with Crippen molar-refractivity contribution < 1.29 is 0 Å². The first-order valence-corrected chi connectivity index (χ1v) is 7.93. The van der Waals surface area contributed by atoms with E-state index in [9.17, 15) is 0 Å². The number of fused-ring (bicyclic) bond motifs is 1. The lowest BCUT2D eigenvalue weighted by Crippen LogP contribution is -2.24. The summed E-state index contributed by atoms with van der Waals surface area (Å²) < 4.78 is 1.85. The predicted molar refractivity (Wildman–Crippen MR) is 89.3 cm³/mol. The van der Waals surface area contributed by atoms with Crippen molar-refractivity contribution in [1.29, 1.82) is 0 Å². The van der Waals surface area contributed by atoms with Gasteiger partial charge in [0.15, 0.2) is 0 Å². The van der Waals surface area contributed by atoms with Crippen molar-refractivity contribution in [3.05, 3.63) is 35.4 Å². The summed E-state index contributed by atoms with van der Waals surface area (Å²) in [6, 6.07) is 2.23. The predicted octanol–water partition coefficient (Wildman–Crippen LogP) is 3.49. The van der Waals surface area contributed by atoms with Crippen LogP contribution in [0.2, 0.25) is 0 Å². The second-order valence-corrected chi connectivity index (χ2v) is 4.56. The summed E-state index contributed by atoms with van der Waals surface area (Å²) in [4.78, 5) is 4.57. The van der Waals surface area contributed by atoms with Crippen molar-refractivity contribution in [1.82, 2.24) is 20.1 Å². The van der Waals surface area contributed by atoms with Crippen LogP contribution in [0.3, 0.4) is 0 Å². The van der Waals surface area contributed by atoms with Crippen LogP contribution >= 0.6 is 0 Å². The van der Waals surface area contributed by atoms with Gasteiger partial charge in [-0.15, -0.1) is 0 Å². The summed E-state index contributed by atoms with van der Waals surface area (Å²) in [6.45, 7) is 12.0. The Morgan fingerprint density at radius 3 is 2.52 bits per heavy atom. The highest BCUT2D eigenvalue weighted by atomic mass is 15.2. The average molecular weight is 288 g/mol. The van der Waals surface area contributed by atoms with Crippen LogP contribution < -0.4 is 5.32 Å². The van der Waals surface area contributed by atoms with E-state index < -0.39 is 0 Å². The molecular weight excluding hydrogens is 260 g/mol. The molecule has 3 heterocycles. The lowest BCUT2D eigenvalue weighted by Gasteiger charge is -2.16. The Hall–Kier alpha value is -1.68. The minimum atomic E-state index is 0.926. The first-order chi connectivity index (χ1) is 10.2. The van der Waals surface area contributed by atoms with Crippen LogP contribution in [0.1, 0.15) is 44.6 Å². The van der Waals surface area contributed by atoms with E-state index in [1.165, 1.54) is 16.8 Å². The lowest BCUT2D eigenvalue weighted by molar-refractivity contribution is 0.630. The Kier molecular flexibility index (Phi) is 7.09. The van der Waals surface area contributed by atoms with Crippen molar-refractivity contribution in [2.75, 3.05) is 6.54 Å². The summed E-state index contributed by atoms with van der Waals surface area (Å²) in [5.41, 5.74) is 5.94. The molecular formula is C17H28N4. The fourth-order valence-electron chi connectivity index (χ4n) is 2.38. The second-order valence-electron chi connectivity index (χ2n) is 4.56. The maximum absolute atomic E-state index is 4.57. The third-order valence-corrected chi connectivity index (χ3v) is 3.24. The molecule has 21 heavy (non-hydrogen) atoms. The molecule has 0 amide bonds. The maximum Gasteiger partial charge on any atom is 0.0672 e. The van der Waals surface area contributed by atoms with E-state index in [2.05, 4.69) is 27.7 Å². The minimum absolute atomic E-state index is 0.926. The van der Waals surface area contributed by atoms with Crippen molar-refractivity contribution in [2.45, 2.75) is 47.6 Å². The fraction of sp³-hybridized carbons (Fsp3) is 0.529. The normalized spacial score (nSPS) is 12.5. The van der Waals surface area contributed by atoms with Crippen molar-refractivity contribution in [2.24, 2.45) is 7.05 Å². The Labute approximate surface area is 128 Å². The molecule has 1 aliphatic heterocycles. The van der Waals surface area contributed by atoms with Gasteiger partial charge in [0.25, 0.3) is 0 Å². The monoisotopic (exact) mass is 288 g/mol. The number of aryl methyl sites for hydroxylation is 2. The molecule has 0 aliphatic carbocycles. The number of nitrogens with one attached hydrogen (secondary N) is 1. The molecule has 1 aliphatic rings. The Morgan fingerprint density at radius 2 is 1.90 bits per heavy atom. The van der Waals surface area contributed by atoms with Crippen LogP contribution in [0.4, 0.5) is 0 Å². The molecule has 0 spiro atoms. The molecule has 0 unspecified atom stereocenters. The molecule has 2 aromatic heterocycles. The average Bonchev–Trinajstić information content (AvgIpc) is 2.89. The molecule has 0 bridgehead atoms. The molecule has 3 rings (SSSR count). The number of hydrogen-bond donors (Lipinski definition) is 1. The first-order valence-electron chi connectivity index (χ1n) is 7.93. The molecule has 2 aromatic rings. The zero-order valence-electron chi connectivity index (χ0n) is 14.2. The first kappa shape index (κ1) is 17.4. The summed E-state index contributed by atoms with van der Waals surface area (Å²) in [5, 5.41) is 7.75. The highest BCUT2D eigenvalue weighted by Gasteiger charge is 2.13. The van der Waals surface area contributed by atoms with Gasteiger partial charge >= 0.3 is 0 Å². The second kappa shape index (κ2) is 8.57. The van der Waals surface area contributed by atoms with Crippen LogP contribution in [0, 0.1) is 6.92 Å². The Bertz CT molecular complexity index is 558. The number of pyridine rings is 1. The lowest BCUT2D eigenvalue weighted by atomic mass is 10.0. The standard InChI is InChI=1S/C13H16N4.2C2H6/c1-9-12(8-17(2)16-9)10-5-11-6-14-4-3-13(11)15-7-10;2*1-2/h5,7-8,14H,3-4,6H2,1-2H3;2*1-2H3. The van der Waals surface area contributed by atoms with Crippen LogP contribution in [0.25, 0.3) is 11.1 Å². The van der Waals surface area contributed by atoms with Gasteiger partial charge < -0.3 is 5.32 Å². The van der Waals surface area contributed by atoms with Gasteiger partial charge in [0.05, 0.1) is 5.69 Å². The van der Waals surface area contributed by atoms with Crippen LogP contribution in [0.15, 0.2) is 18.5 Å². The van der Waals surface area contributed by atoms with Crippen LogP contribution in [-0.4, -0.2) is 21.3 Å². The van der Waals surface area contributed by atoms with E-state index in [4.69, 9.17) is 0 Å². The summed E-state index contributed by atoms with van der Waals surface area (Å²) in [6.07, 6.45) is 5.05. The molecule has 0 saturated carbocycles. The van der Waals surface area contributed by atoms with E-state index in [-0.39, 0.29) is 0 Å². The van der Waals surface area contributed by atoms with E-state index in [1.807, 2.05) is 52.5 Å². The van der Waals surface area contributed by atoms with Crippen molar-refractivity contribution in [3.63, 3.8) is 0 Å².